The predicted molar refractivity (Wildman–Crippen MR) is 119 cm³/mol. The van der Waals surface area contributed by atoms with Gasteiger partial charge in [0.25, 0.3) is 5.91 Å². The molecule has 0 spiro atoms. The molecule has 0 aromatic heterocycles. The number of carbonyl (C=O) groups excluding carboxylic acids is 4. The number of piperidine rings is 1. The number of anilines is 1. The van der Waals surface area contributed by atoms with E-state index in [9.17, 15) is 14.4 Å². The third kappa shape index (κ3) is 7.64. The molecule has 0 aliphatic carbocycles. The molecule has 0 saturated carbocycles. The molecule has 1 aliphatic rings. The van der Waals surface area contributed by atoms with Gasteiger partial charge in [-0.3, -0.25) is 9.59 Å². The zero-order valence-electron chi connectivity index (χ0n) is 19.4. The lowest BCUT2D eigenvalue weighted by Gasteiger charge is -2.42. The lowest BCUT2D eigenvalue weighted by Crippen LogP contribution is -2.59. The minimum atomic E-state index is -0.500. The number of quaternary nitrogens is 1. The third-order valence-corrected chi connectivity index (χ3v) is 5.81. The number of likely N-dealkylation sites (N-methyl/N-ethyl adjacent to an activating group) is 1. The van der Waals surface area contributed by atoms with Crippen LogP contribution in [0.4, 0.5) is 5.69 Å². The summed E-state index contributed by atoms with van der Waals surface area (Å²) in [6, 6.07) is 5.26. The first kappa shape index (κ1) is 27.1. The van der Waals surface area contributed by atoms with Gasteiger partial charge in [0, 0.05) is 13.0 Å². The minimum absolute atomic E-state index is 0.0628. The number of esters is 1. The Morgan fingerprint density at radius 1 is 1.28 bits per heavy atom. The molecule has 2 rings (SSSR count). The number of carbonyl (C=O) groups is 4. The molecule has 0 radical (unpaired) electrons. The van der Waals surface area contributed by atoms with E-state index < -0.39 is 12.4 Å². The van der Waals surface area contributed by atoms with E-state index in [4.69, 9.17) is 14.6 Å². The van der Waals surface area contributed by atoms with E-state index in [-0.39, 0.29) is 24.3 Å². The van der Waals surface area contributed by atoms with Crippen molar-refractivity contribution in [3.05, 3.63) is 29.3 Å². The quantitative estimate of drug-likeness (QED) is 0.345. The van der Waals surface area contributed by atoms with E-state index >= 15 is 0 Å². The molecule has 2 atom stereocenters. The summed E-state index contributed by atoms with van der Waals surface area (Å²) in [5, 5.41) is 14.2. The van der Waals surface area contributed by atoms with Crippen LogP contribution in [0.25, 0.3) is 0 Å². The lowest BCUT2D eigenvalue weighted by atomic mass is 9.94. The smallest absolute Gasteiger partial charge is 0.339 e. The van der Waals surface area contributed by atoms with Crippen LogP contribution in [0, 0.1) is 12.8 Å². The zero-order chi connectivity index (χ0) is 24.1. The highest BCUT2D eigenvalue weighted by Gasteiger charge is 2.38. The molecular formula is C23H35N3O6. The molecule has 9 nitrogen and oxygen atoms in total. The highest BCUT2D eigenvalue weighted by Crippen LogP contribution is 2.25. The number of amides is 2. The SMILES string of the molecule is CCCNC(=O)C1CCC[N+](CC)(CC(=O)Nc2c(C)cccc2C(=O)OC)C1.O=C[O-]. The van der Waals surface area contributed by atoms with Gasteiger partial charge in [-0.15, -0.1) is 0 Å². The molecule has 9 heteroatoms. The van der Waals surface area contributed by atoms with Gasteiger partial charge < -0.3 is 29.8 Å². The maximum Gasteiger partial charge on any atom is 0.339 e. The second-order valence-corrected chi connectivity index (χ2v) is 7.99. The average molecular weight is 450 g/mol. The van der Waals surface area contributed by atoms with Gasteiger partial charge in [-0.25, -0.2) is 4.79 Å². The Labute approximate surface area is 189 Å². The Bertz CT molecular complexity index is 798. The number of para-hydroxylation sites is 1. The van der Waals surface area contributed by atoms with E-state index in [1.165, 1.54) is 7.11 Å². The number of likely N-dealkylation sites (tertiary alicyclic amines) is 1. The van der Waals surface area contributed by atoms with Gasteiger partial charge in [0.2, 0.25) is 5.91 Å². The summed E-state index contributed by atoms with van der Waals surface area (Å²) in [4.78, 5) is 45.7. The van der Waals surface area contributed by atoms with E-state index in [1.54, 1.807) is 12.1 Å². The van der Waals surface area contributed by atoms with Crippen LogP contribution in [0.15, 0.2) is 18.2 Å². The Morgan fingerprint density at radius 2 is 1.97 bits per heavy atom. The van der Waals surface area contributed by atoms with Gasteiger partial charge in [-0.1, -0.05) is 19.1 Å². The van der Waals surface area contributed by atoms with Crippen molar-refractivity contribution in [3.8, 4) is 0 Å². The normalized spacial score (nSPS) is 19.7. The average Bonchev–Trinajstić information content (AvgIpc) is 2.78. The molecular weight excluding hydrogens is 414 g/mol. The van der Waals surface area contributed by atoms with E-state index in [1.807, 2.05) is 19.9 Å². The van der Waals surface area contributed by atoms with Crippen molar-refractivity contribution < 1.29 is 33.5 Å². The van der Waals surface area contributed by atoms with Crippen LogP contribution in [0.1, 0.15) is 49.0 Å². The Kier molecular flexibility index (Phi) is 11.4. The number of carboxylic acid groups (broad SMARTS) is 1. The maximum atomic E-state index is 12.9. The van der Waals surface area contributed by atoms with Crippen LogP contribution in [0.5, 0.6) is 0 Å². The van der Waals surface area contributed by atoms with E-state index in [0.29, 0.717) is 28.8 Å². The molecule has 32 heavy (non-hydrogen) atoms. The number of nitrogens with zero attached hydrogens (tertiary/aromatic N) is 1. The van der Waals surface area contributed by atoms with Crippen molar-refractivity contribution in [2.45, 2.75) is 40.0 Å². The highest BCUT2D eigenvalue weighted by atomic mass is 16.5. The number of hydrogen-bond donors (Lipinski definition) is 2. The maximum absolute atomic E-state index is 12.9. The summed E-state index contributed by atoms with van der Waals surface area (Å²) in [6.45, 7) is 8.73. The molecule has 2 unspecified atom stereocenters. The fourth-order valence-electron chi connectivity index (χ4n) is 4.07. The molecule has 1 heterocycles. The van der Waals surface area contributed by atoms with Crippen LogP contribution in [0.3, 0.4) is 0 Å². The standard InChI is InChI=1S/C22H33N3O4.CH2O2/c1-5-12-23-21(27)17-10-8-13-25(6-2,14-17)15-19(26)24-20-16(3)9-7-11-18(20)22(28)29-4;2-1-3/h7,9,11,17H,5-6,8,10,12-15H2,1-4H3,(H-,23,24,26,27,28);1H,(H,2,3). The molecule has 178 valence electrons. The zero-order valence-corrected chi connectivity index (χ0v) is 19.4. The molecule has 1 fully saturated rings. The van der Waals surface area contributed by atoms with Gasteiger partial charge in [-0.2, -0.15) is 0 Å². The molecule has 1 aromatic carbocycles. The van der Waals surface area contributed by atoms with Gasteiger partial charge in [0.1, 0.15) is 0 Å². The summed E-state index contributed by atoms with van der Waals surface area (Å²) in [5.74, 6) is -0.600. The minimum Gasteiger partial charge on any atom is -0.554 e. The van der Waals surface area contributed by atoms with Crippen LogP contribution >= 0.6 is 0 Å². The number of rotatable bonds is 8. The van der Waals surface area contributed by atoms with Crippen molar-refractivity contribution >= 4 is 29.9 Å². The molecule has 2 N–H and O–H groups in total. The van der Waals surface area contributed by atoms with Gasteiger partial charge in [-0.05, 0) is 44.7 Å². The summed E-state index contributed by atoms with van der Waals surface area (Å²) in [5.41, 5.74) is 1.65. The Hall–Kier alpha value is -2.94. The summed E-state index contributed by atoms with van der Waals surface area (Å²) >= 11 is 0. The number of nitrogens with one attached hydrogen (secondary N) is 2. The fraction of sp³-hybridized carbons (Fsp3) is 0.565. The number of benzene rings is 1. The Balaban J connectivity index is 0.00000161. The molecule has 1 aliphatic heterocycles. The topological polar surface area (TPSA) is 125 Å². The monoisotopic (exact) mass is 449 g/mol. The first-order chi connectivity index (χ1) is 15.3. The summed E-state index contributed by atoms with van der Waals surface area (Å²) in [7, 11) is 1.32. The summed E-state index contributed by atoms with van der Waals surface area (Å²) < 4.78 is 5.42. The molecule has 2 amide bonds. The summed E-state index contributed by atoms with van der Waals surface area (Å²) in [6.07, 6.45) is 2.69. The fourth-order valence-corrected chi connectivity index (χ4v) is 4.07. The van der Waals surface area contributed by atoms with Crippen molar-refractivity contribution in [1.82, 2.24) is 5.32 Å². The van der Waals surface area contributed by atoms with E-state index in [2.05, 4.69) is 17.6 Å². The van der Waals surface area contributed by atoms with E-state index in [0.717, 1.165) is 37.9 Å². The van der Waals surface area contributed by atoms with Crippen LogP contribution < -0.4 is 15.7 Å². The third-order valence-electron chi connectivity index (χ3n) is 5.81. The van der Waals surface area contributed by atoms with Crippen molar-refractivity contribution in [2.24, 2.45) is 5.92 Å². The highest BCUT2D eigenvalue weighted by molar-refractivity contribution is 6.02. The van der Waals surface area contributed by atoms with Crippen LogP contribution in [-0.2, 0) is 19.1 Å². The van der Waals surface area contributed by atoms with Crippen LogP contribution in [-0.4, -0.2) is 68.6 Å². The second kappa shape index (κ2) is 13.5. The molecule has 1 aromatic rings. The van der Waals surface area contributed by atoms with Crippen molar-refractivity contribution in [1.29, 1.82) is 0 Å². The number of hydrogen-bond acceptors (Lipinski definition) is 6. The van der Waals surface area contributed by atoms with Gasteiger partial charge >= 0.3 is 5.97 Å². The van der Waals surface area contributed by atoms with Crippen LogP contribution in [0.2, 0.25) is 0 Å². The van der Waals surface area contributed by atoms with Crippen molar-refractivity contribution in [3.63, 3.8) is 0 Å². The lowest BCUT2D eigenvalue weighted by molar-refractivity contribution is -0.925. The number of aryl methyl sites for hydroxylation is 1. The number of methoxy groups -OCH3 is 1. The predicted octanol–water partition coefficient (Wildman–Crippen LogP) is 0.859. The molecule has 0 bridgehead atoms. The first-order valence-corrected chi connectivity index (χ1v) is 10.9. The first-order valence-electron chi connectivity index (χ1n) is 10.9. The van der Waals surface area contributed by atoms with Gasteiger partial charge in [0.05, 0.1) is 43.9 Å². The molecule has 1 saturated heterocycles. The Morgan fingerprint density at radius 3 is 2.56 bits per heavy atom. The van der Waals surface area contributed by atoms with Crippen molar-refractivity contribution in [2.75, 3.05) is 45.2 Å². The number of ether oxygens (including phenoxy) is 1. The van der Waals surface area contributed by atoms with Gasteiger partial charge in [0.15, 0.2) is 6.54 Å². The largest absolute Gasteiger partial charge is 0.554 e. The second-order valence-electron chi connectivity index (χ2n) is 7.99.